The third-order valence-electron chi connectivity index (χ3n) is 2.38. The summed E-state index contributed by atoms with van der Waals surface area (Å²) in [6, 6.07) is -0.225. The summed E-state index contributed by atoms with van der Waals surface area (Å²) in [6.07, 6.45) is -0.196. The van der Waals surface area contributed by atoms with Gasteiger partial charge in [0.2, 0.25) is 5.91 Å². The minimum Gasteiger partial charge on any atom is -0.480 e. The SMILES string of the molecule is Cc1cc(CNC(=O)NC(CCC(N)=O)C(=O)O)on1. The monoisotopic (exact) mass is 284 g/mol. The van der Waals surface area contributed by atoms with Gasteiger partial charge in [0.25, 0.3) is 0 Å². The van der Waals surface area contributed by atoms with Crippen molar-refractivity contribution in [1.82, 2.24) is 15.8 Å². The van der Waals surface area contributed by atoms with Crippen molar-refractivity contribution in [2.75, 3.05) is 0 Å². The van der Waals surface area contributed by atoms with Crippen molar-refractivity contribution in [2.24, 2.45) is 5.73 Å². The molecule has 9 heteroatoms. The predicted octanol–water partition coefficient (Wildman–Crippen LogP) is -0.499. The molecular weight excluding hydrogens is 268 g/mol. The summed E-state index contributed by atoms with van der Waals surface area (Å²) < 4.78 is 4.88. The molecule has 0 aliphatic heterocycles. The largest absolute Gasteiger partial charge is 0.480 e. The molecule has 110 valence electrons. The maximum atomic E-state index is 11.5. The van der Waals surface area contributed by atoms with E-state index >= 15 is 0 Å². The van der Waals surface area contributed by atoms with Gasteiger partial charge in [-0.15, -0.1) is 0 Å². The predicted molar refractivity (Wildman–Crippen MR) is 66.5 cm³/mol. The second-order valence-corrected chi connectivity index (χ2v) is 4.16. The van der Waals surface area contributed by atoms with Gasteiger partial charge in [-0.1, -0.05) is 5.16 Å². The molecule has 1 rings (SSSR count). The molecule has 0 aromatic carbocycles. The van der Waals surface area contributed by atoms with Crippen LogP contribution in [-0.4, -0.2) is 34.2 Å². The zero-order valence-corrected chi connectivity index (χ0v) is 10.9. The van der Waals surface area contributed by atoms with Gasteiger partial charge in [0.1, 0.15) is 6.04 Å². The van der Waals surface area contributed by atoms with Gasteiger partial charge >= 0.3 is 12.0 Å². The van der Waals surface area contributed by atoms with E-state index < -0.39 is 23.9 Å². The van der Waals surface area contributed by atoms with Crippen molar-refractivity contribution in [3.05, 3.63) is 17.5 Å². The summed E-state index contributed by atoms with van der Waals surface area (Å²) in [6.45, 7) is 1.81. The standard InChI is InChI=1S/C11H16N4O5/c1-6-4-7(20-15-6)5-13-11(19)14-8(10(17)18)2-3-9(12)16/h4,8H,2-3,5H2,1H3,(H2,12,16)(H,17,18)(H2,13,14,19). The number of carbonyl (C=O) groups excluding carboxylic acids is 2. The third kappa shape index (κ3) is 5.38. The summed E-state index contributed by atoms with van der Waals surface area (Å²) in [5.41, 5.74) is 5.60. The van der Waals surface area contributed by atoms with Crippen LogP contribution < -0.4 is 16.4 Å². The van der Waals surface area contributed by atoms with Gasteiger partial charge in [0, 0.05) is 12.5 Å². The van der Waals surface area contributed by atoms with E-state index in [-0.39, 0.29) is 19.4 Å². The molecule has 0 radical (unpaired) electrons. The summed E-state index contributed by atoms with van der Waals surface area (Å²) >= 11 is 0. The number of carboxylic acids is 1. The quantitative estimate of drug-likeness (QED) is 0.530. The Bertz CT molecular complexity index is 499. The number of carboxylic acid groups (broad SMARTS) is 1. The molecule has 0 fully saturated rings. The molecule has 0 saturated heterocycles. The van der Waals surface area contributed by atoms with Crippen LogP contribution in [0.15, 0.2) is 10.6 Å². The molecule has 0 saturated carbocycles. The lowest BCUT2D eigenvalue weighted by molar-refractivity contribution is -0.139. The van der Waals surface area contributed by atoms with Crippen LogP contribution in [0.1, 0.15) is 24.3 Å². The minimum atomic E-state index is -1.24. The summed E-state index contributed by atoms with van der Waals surface area (Å²) in [4.78, 5) is 33.0. The molecule has 1 heterocycles. The lowest BCUT2D eigenvalue weighted by Gasteiger charge is -2.13. The number of aryl methyl sites for hydroxylation is 1. The Hall–Kier alpha value is -2.58. The van der Waals surface area contributed by atoms with Crippen LogP contribution >= 0.6 is 0 Å². The smallest absolute Gasteiger partial charge is 0.326 e. The molecule has 0 aliphatic carbocycles. The highest BCUT2D eigenvalue weighted by Gasteiger charge is 2.20. The van der Waals surface area contributed by atoms with E-state index in [0.717, 1.165) is 0 Å². The number of amides is 3. The first-order valence-electron chi connectivity index (χ1n) is 5.86. The number of primary amides is 1. The number of aliphatic carboxylic acids is 1. The van der Waals surface area contributed by atoms with E-state index in [4.69, 9.17) is 15.4 Å². The Kier molecular flexibility index (Phi) is 5.51. The van der Waals surface area contributed by atoms with E-state index in [0.29, 0.717) is 11.5 Å². The zero-order valence-electron chi connectivity index (χ0n) is 10.9. The fourth-order valence-corrected chi connectivity index (χ4v) is 1.42. The highest BCUT2D eigenvalue weighted by molar-refractivity contribution is 5.83. The van der Waals surface area contributed by atoms with Crippen LogP contribution in [0.4, 0.5) is 4.79 Å². The van der Waals surface area contributed by atoms with Crippen LogP contribution in [0, 0.1) is 6.92 Å². The Morgan fingerprint density at radius 3 is 2.70 bits per heavy atom. The van der Waals surface area contributed by atoms with Crippen molar-refractivity contribution in [1.29, 1.82) is 0 Å². The summed E-state index contributed by atoms with van der Waals surface area (Å²) in [5, 5.41) is 17.2. The van der Waals surface area contributed by atoms with Gasteiger partial charge in [0.15, 0.2) is 5.76 Å². The van der Waals surface area contributed by atoms with Crippen LogP contribution in [0.3, 0.4) is 0 Å². The van der Waals surface area contributed by atoms with Crippen LogP contribution in [0.5, 0.6) is 0 Å². The van der Waals surface area contributed by atoms with Crippen molar-refractivity contribution >= 4 is 17.9 Å². The van der Waals surface area contributed by atoms with E-state index in [2.05, 4.69) is 15.8 Å². The molecule has 0 spiro atoms. The van der Waals surface area contributed by atoms with Crippen molar-refractivity contribution in [2.45, 2.75) is 32.4 Å². The first-order chi connectivity index (χ1) is 9.38. The van der Waals surface area contributed by atoms with E-state index in [1.54, 1.807) is 13.0 Å². The normalized spacial score (nSPS) is 11.7. The number of rotatable bonds is 7. The van der Waals surface area contributed by atoms with Crippen molar-refractivity contribution in [3.63, 3.8) is 0 Å². The van der Waals surface area contributed by atoms with Crippen molar-refractivity contribution < 1.29 is 24.0 Å². The molecule has 1 atom stereocenters. The number of nitrogens with zero attached hydrogens (tertiary/aromatic N) is 1. The van der Waals surface area contributed by atoms with Crippen LogP contribution in [0.25, 0.3) is 0 Å². The Morgan fingerprint density at radius 2 is 2.20 bits per heavy atom. The number of aromatic nitrogens is 1. The van der Waals surface area contributed by atoms with Gasteiger partial charge in [-0.2, -0.15) is 0 Å². The van der Waals surface area contributed by atoms with Crippen LogP contribution in [0.2, 0.25) is 0 Å². The highest BCUT2D eigenvalue weighted by atomic mass is 16.5. The fourth-order valence-electron chi connectivity index (χ4n) is 1.42. The number of hydrogen-bond acceptors (Lipinski definition) is 5. The Balaban J connectivity index is 2.41. The number of nitrogens with one attached hydrogen (secondary N) is 2. The van der Waals surface area contributed by atoms with Gasteiger partial charge in [-0.3, -0.25) is 4.79 Å². The molecule has 9 nitrogen and oxygen atoms in total. The first kappa shape index (κ1) is 15.5. The van der Waals surface area contributed by atoms with Crippen molar-refractivity contribution in [3.8, 4) is 0 Å². The molecular formula is C11H16N4O5. The van der Waals surface area contributed by atoms with Gasteiger partial charge < -0.3 is 26.0 Å². The molecule has 20 heavy (non-hydrogen) atoms. The second kappa shape index (κ2) is 7.12. The maximum absolute atomic E-state index is 11.5. The average Bonchev–Trinajstić information content (AvgIpc) is 2.77. The van der Waals surface area contributed by atoms with E-state index in [9.17, 15) is 14.4 Å². The van der Waals surface area contributed by atoms with Crippen LogP contribution in [-0.2, 0) is 16.1 Å². The fraction of sp³-hybridized carbons (Fsp3) is 0.455. The average molecular weight is 284 g/mol. The number of urea groups is 1. The molecule has 1 aromatic heterocycles. The molecule has 3 amide bonds. The minimum absolute atomic E-state index is 0.0699. The van der Waals surface area contributed by atoms with Gasteiger partial charge in [-0.05, 0) is 13.3 Å². The number of carbonyl (C=O) groups is 3. The van der Waals surface area contributed by atoms with Gasteiger partial charge in [-0.25, -0.2) is 9.59 Å². The Labute approximate surface area is 114 Å². The molecule has 1 unspecified atom stereocenters. The van der Waals surface area contributed by atoms with E-state index in [1.807, 2.05) is 0 Å². The topological polar surface area (TPSA) is 148 Å². The molecule has 0 bridgehead atoms. The molecule has 5 N–H and O–H groups in total. The second-order valence-electron chi connectivity index (χ2n) is 4.16. The number of nitrogens with two attached hydrogens (primary N) is 1. The summed E-state index contributed by atoms with van der Waals surface area (Å²) in [5.74, 6) is -1.42. The highest BCUT2D eigenvalue weighted by Crippen LogP contribution is 2.01. The molecule has 0 aliphatic rings. The first-order valence-corrected chi connectivity index (χ1v) is 5.86. The Morgan fingerprint density at radius 1 is 1.50 bits per heavy atom. The van der Waals surface area contributed by atoms with E-state index in [1.165, 1.54) is 0 Å². The zero-order chi connectivity index (χ0) is 15.1. The maximum Gasteiger partial charge on any atom is 0.326 e. The lowest BCUT2D eigenvalue weighted by Crippen LogP contribution is -2.46. The summed E-state index contributed by atoms with van der Waals surface area (Å²) in [7, 11) is 0. The number of hydrogen-bond donors (Lipinski definition) is 4. The third-order valence-corrected chi connectivity index (χ3v) is 2.38. The lowest BCUT2D eigenvalue weighted by atomic mass is 10.1. The van der Waals surface area contributed by atoms with Gasteiger partial charge in [0.05, 0.1) is 12.2 Å². The molecule has 1 aromatic rings.